The molecule has 0 unspecified atom stereocenters. The Bertz CT molecular complexity index is 515. The van der Waals surface area contributed by atoms with Gasteiger partial charge in [0.2, 0.25) is 0 Å². The molecule has 148 valence electrons. The maximum Gasteiger partial charge on any atom is 0.416 e. The molecule has 26 heavy (non-hydrogen) atoms. The fourth-order valence-corrected chi connectivity index (χ4v) is 1.80. The third kappa shape index (κ3) is 11.0. The van der Waals surface area contributed by atoms with Gasteiger partial charge in [-0.15, -0.1) is 0 Å². The van der Waals surface area contributed by atoms with Gasteiger partial charge in [0.25, 0.3) is 0 Å². The van der Waals surface area contributed by atoms with Crippen molar-refractivity contribution in [2.45, 2.75) is 73.9 Å². The minimum atomic E-state index is -4.21. The fourth-order valence-electron chi connectivity index (χ4n) is 1.80. The molecule has 2 aromatic carbocycles. The normalized spacial score (nSPS) is 10.3. The van der Waals surface area contributed by atoms with Crippen LogP contribution in [-0.2, 0) is 11.6 Å². The van der Waals surface area contributed by atoms with E-state index in [9.17, 15) is 13.2 Å². The number of hydrogen-bond donors (Lipinski definition) is 0. The highest BCUT2D eigenvalue weighted by atomic mass is 19.4. The summed E-state index contributed by atoms with van der Waals surface area (Å²) in [4.78, 5) is 0. The molecule has 3 heteroatoms. The van der Waals surface area contributed by atoms with Crippen molar-refractivity contribution in [2.24, 2.45) is 0 Å². The van der Waals surface area contributed by atoms with E-state index in [-0.39, 0.29) is 5.41 Å². The second-order valence-electron chi connectivity index (χ2n) is 6.48. The van der Waals surface area contributed by atoms with Gasteiger partial charge in [-0.1, -0.05) is 96.0 Å². The van der Waals surface area contributed by atoms with E-state index in [4.69, 9.17) is 0 Å². The van der Waals surface area contributed by atoms with Crippen molar-refractivity contribution in [3.63, 3.8) is 0 Å². The molecule has 0 aliphatic heterocycles. The third-order valence-corrected chi connectivity index (χ3v) is 3.30. The van der Waals surface area contributed by atoms with Gasteiger partial charge >= 0.3 is 6.18 Å². The summed E-state index contributed by atoms with van der Waals surface area (Å²) in [6.07, 6.45) is -4.21. The molecule has 2 aromatic rings. The van der Waals surface area contributed by atoms with E-state index in [1.807, 2.05) is 27.7 Å². The first kappa shape index (κ1) is 26.5. The van der Waals surface area contributed by atoms with Crippen LogP contribution in [0.15, 0.2) is 48.5 Å². The van der Waals surface area contributed by atoms with Crippen LogP contribution in [0.3, 0.4) is 0 Å². The standard InChI is InChI=1S/C11H16.C8H7F3.2C2H6/c1-9-5-7-10(8-6-9)11(2,3)4;1-6-2-4-7(5-3-6)8(9,10)11;2*1-2/h5-8H,1-4H3;2-5H,1H3;2*1-2H3. The molecule has 0 nitrogen and oxygen atoms in total. The van der Waals surface area contributed by atoms with Crippen LogP contribution in [0.4, 0.5) is 13.2 Å². The molecule has 0 saturated heterocycles. The minimum absolute atomic E-state index is 0.285. The molecular formula is C23H35F3. The van der Waals surface area contributed by atoms with Crippen LogP contribution in [0.5, 0.6) is 0 Å². The Hall–Kier alpha value is -1.77. The van der Waals surface area contributed by atoms with Gasteiger partial charge in [-0.2, -0.15) is 13.2 Å². The number of benzene rings is 2. The van der Waals surface area contributed by atoms with Crippen molar-refractivity contribution >= 4 is 0 Å². The van der Waals surface area contributed by atoms with Gasteiger partial charge in [-0.05, 0) is 37.0 Å². The second-order valence-corrected chi connectivity index (χ2v) is 6.48. The average molecular weight is 369 g/mol. The molecule has 0 N–H and O–H groups in total. The van der Waals surface area contributed by atoms with Crippen LogP contribution in [0.2, 0.25) is 0 Å². The number of halogens is 3. The van der Waals surface area contributed by atoms with Gasteiger partial charge in [-0.3, -0.25) is 0 Å². The monoisotopic (exact) mass is 368 g/mol. The van der Waals surface area contributed by atoms with Crippen molar-refractivity contribution in [2.75, 3.05) is 0 Å². The molecule has 0 amide bonds. The first-order valence-electron chi connectivity index (χ1n) is 9.21. The summed E-state index contributed by atoms with van der Waals surface area (Å²) in [6, 6.07) is 13.8. The Morgan fingerprint density at radius 2 is 0.808 bits per heavy atom. The first-order valence-corrected chi connectivity index (χ1v) is 9.21. The summed E-state index contributed by atoms with van der Waals surface area (Å²) in [5, 5.41) is 0. The van der Waals surface area contributed by atoms with Crippen LogP contribution >= 0.6 is 0 Å². The first-order chi connectivity index (χ1) is 12.0. The van der Waals surface area contributed by atoms with E-state index in [2.05, 4.69) is 52.0 Å². The van der Waals surface area contributed by atoms with Gasteiger partial charge in [0.15, 0.2) is 0 Å². The maximum atomic E-state index is 11.9. The average Bonchev–Trinajstić information content (AvgIpc) is 2.58. The van der Waals surface area contributed by atoms with Gasteiger partial charge in [-0.25, -0.2) is 0 Å². The third-order valence-electron chi connectivity index (χ3n) is 3.30. The molecule has 0 aliphatic rings. The summed E-state index contributed by atoms with van der Waals surface area (Å²) in [6.45, 7) is 18.6. The van der Waals surface area contributed by atoms with Crippen LogP contribution in [0, 0.1) is 13.8 Å². The van der Waals surface area contributed by atoms with Crippen molar-refractivity contribution in [1.29, 1.82) is 0 Å². The lowest BCUT2D eigenvalue weighted by atomic mass is 9.87. The summed E-state index contributed by atoms with van der Waals surface area (Å²) in [5.74, 6) is 0. The van der Waals surface area contributed by atoms with Crippen LogP contribution in [0.25, 0.3) is 0 Å². The van der Waals surface area contributed by atoms with Crippen LogP contribution in [-0.4, -0.2) is 0 Å². The zero-order valence-corrected chi connectivity index (χ0v) is 17.8. The van der Waals surface area contributed by atoms with Crippen LogP contribution in [0.1, 0.15) is 70.7 Å². The molecule has 2 rings (SSSR count). The molecule has 0 heterocycles. The largest absolute Gasteiger partial charge is 0.416 e. The van der Waals surface area contributed by atoms with E-state index < -0.39 is 11.7 Å². The van der Waals surface area contributed by atoms with E-state index >= 15 is 0 Å². The lowest BCUT2D eigenvalue weighted by molar-refractivity contribution is -0.137. The summed E-state index contributed by atoms with van der Waals surface area (Å²) in [5.41, 5.74) is 3.26. The Morgan fingerprint density at radius 1 is 0.538 bits per heavy atom. The van der Waals surface area contributed by atoms with Crippen molar-refractivity contribution in [3.05, 3.63) is 70.8 Å². The Kier molecular flexibility index (Phi) is 12.8. The van der Waals surface area contributed by atoms with E-state index in [1.165, 1.54) is 23.3 Å². The van der Waals surface area contributed by atoms with E-state index in [0.29, 0.717) is 0 Å². The number of alkyl halides is 3. The van der Waals surface area contributed by atoms with Crippen LogP contribution < -0.4 is 0 Å². The topological polar surface area (TPSA) is 0 Å². The second kappa shape index (κ2) is 12.6. The highest BCUT2D eigenvalue weighted by Crippen LogP contribution is 2.28. The quantitative estimate of drug-likeness (QED) is 0.438. The Morgan fingerprint density at radius 3 is 1.04 bits per heavy atom. The highest BCUT2D eigenvalue weighted by molar-refractivity contribution is 5.26. The molecular weight excluding hydrogens is 333 g/mol. The SMILES string of the molecule is CC.CC.Cc1ccc(C(C)(C)C)cc1.Cc1ccc(C(F)(F)F)cc1. The molecule has 0 bridgehead atoms. The smallest absolute Gasteiger partial charge is 0.166 e. The number of hydrogen-bond acceptors (Lipinski definition) is 0. The van der Waals surface area contributed by atoms with Crippen molar-refractivity contribution < 1.29 is 13.2 Å². The molecule has 0 saturated carbocycles. The minimum Gasteiger partial charge on any atom is -0.166 e. The molecule has 0 radical (unpaired) electrons. The zero-order chi connectivity index (χ0) is 21.0. The van der Waals surface area contributed by atoms with Gasteiger partial charge < -0.3 is 0 Å². The fraction of sp³-hybridized carbons (Fsp3) is 0.478. The van der Waals surface area contributed by atoms with Gasteiger partial charge in [0, 0.05) is 0 Å². The van der Waals surface area contributed by atoms with Crippen molar-refractivity contribution in [3.8, 4) is 0 Å². The molecule has 0 spiro atoms. The predicted molar refractivity (Wildman–Crippen MR) is 109 cm³/mol. The van der Waals surface area contributed by atoms with Gasteiger partial charge in [0.05, 0.1) is 5.56 Å². The number of aryl methyl sites for hydroxylation is 2. The summed E-state index contributed by atoms with van der Waals surface area (Å²) in [7, 11) is 0. The zero-order valence-electron chi connectivity index (χ0n) is 17.8. The Labute approximate surface area is 158 Å². The molecule has 0 aliphatic carbocycles. The number of rotatable bonds is 0. The molecule has 0 fully saturated rings. The predicted octanol–water partition coefficient (Wildman–Crippen LogP) is 8.36. The molecule has 0 aromatic heterocycles. The lowest BCUT2D eigenvalue weighted by Gasteiger charge is -2.18. The highest BCUT2D eigenvalue weighted by Gasteiger charge is 2.29. The van der Waals surface area contributed by atoms with E-state index in [0.717, 1.165) is 17.7 Å². The molecule has 0 atom stereocenters. The van der Waals surface area contributed by atoms with Gasteiger partial charge in [0.1, 0.15) is 0 Å². The Balaban J connectivity index is 0. The van der Waals surface area contributed by atoms with Crippen molar-refractivity contribution in [1.82, 2.24) is 0 Å². The maximum absolute atomic E-state index is 11.9. The summed E-state index contributed by atoms with van der Waals surface area (Å²) >= 11 is 0. The summed E-state index contributed by atoms with van der Waals surface area (Å²) < 4.78 is 35.8. The van der Waals surface area contributed by atoms with E-state index in [1.54, 1.807) is 6.92 Å². The lowest BCUT2D eigenvalue weighted by Crippen LogP contribution is -2.10.